The standard InChI is InChI=1S/C13H26N4O2.HI/c1-5-14-13(15-6-2)16-9-10-7-8-11(19-10)12(18)17(3)4;/h10-11H,5-9H2,1-4H3,(H2,14,15,16);1H. The molecule has 1 saturated heterocycles. The minimum atomic E-state index is -0.295. The van der Waals surface area contributed by atoms with E-state index < -0.39 is 0 Å². The number of amides is 1. The SMILES string of the molecule is CCNC(=NCC1CCC(C(=O)N(C)C)O1)NCC.I. The van der Waals surface area contributed by atoms with Crippen LogP contribution in [0.2, 0.25) is 0 Å². The summed E-state index contributed by atoms with van der Waals surface area (Å²) in [6, 6.07) is 0. The summed E-state index contributed by atoms with van der Waals surface area (Å²) in [4.78, 5) is 17.8. The predicted molar refractivity (Wildman–Crippen MR) is 91.7 cm³/mol. The number of nitrogens with zero attached hydrogens (tertiary/aromatic N) is 2. The monoisotopic (exact) mass is 398 g/mol. The number of rotatable bonds is 5. The molecule has 6 nitrogen and oxygen atoms in total. The molecule has 2 atom stereocenters. The number of nitrogens with one attached hydrogen (secondary N) is 2. The summed E-state index contributed by atoms with van der Waals surface area (Å²) in [5.41, 5.74) is 0. The van der Waals surface area contributed by atoms with Gasteiger partial charge >= 0.3 is 0 Å². The summed E-state index contributed by atoms with van der Waals surface area (Å²) < 4.78 is 5.74. The molecule has 1 amide bonds. The Morgan fingerprint density at radius 1 is 1.25 bits per heavy atom. The van der Waals surface area contributed by atoms with Crippen LogP contribution in [0, 0.1) is 0 Å². The predicted octanol–water partition coefficient (Wildman–Crippen LogP) is 0.815. The number of hydrogen-bond donors (Lipinski definition) is 2. The van der Waals surface area contributed by atoms with Crippen molar-refractivity contribution >= 4 is 35.8 Å². The first kappa shape index (κ1) is 19.4. The molecule has 2 unspecified atom stereocenters. The van der Waals surface area contributed by atoms with Crippen molar-refractivity contribution in [2.45, 2.75) is 38.9 Å². The highest BCUT2D eigenvalue weighted by Gasteiger charge is 2.31. The molecule has 0 aromatic heterocycles. The molecular weight excluding hydrogens is 371 g/mol. The number of halogens is 1. The second-order valence-corrected chi connectivity index (χ2v) is 4.81. The maximum atomic E-state index is 11.8. The van der Waals surface area contributed by atoms with Gasteiger partial charge in [0, 0.05) is 27.2 Å². The zero-order valence-corrected chi connectivity index (χ0v) is 15.1. The van der Waals surface area contributed by atoms with Crippen molar-refractivity contribution in [2.24, 2.45) is 4.99 Å². The van der Waals surface area contributed by atoms with E-state index in [1.807, 2.05) is 13.8 Å². The molecule has 2 N–H and O–H groups in total. The van der Waals surface area contributed by atoms with Gasteiger partial charge in [-0.3, -0.25) is 9.79 Å². The van der Waals surface area contributed by atoms with Gasteiger partial charge in [-0.25, -0.2) is 0 Å². The highest BCUT2D eigenvalue weighted by Crippen LogP contribution is 2.21. The van der Waals surface area contributed by atoms with Crippen molar-refractivity contribution in [3.05, 3.63) is 0 Å². The van der Waals surface area contributed by atoms with Crippen molar-refractivity contribution in [3.8, 4) is 0 Å². The molecule has 0 saturated carbocycles. The van der Waals surface area contributed by atoms with Crippen LogP contribution in [0.25, 0.3) is 0 Å². The topological polar surface area (TPSA) is 66.0 Å². The Bertz CT molecular complexity index is 315. The lowest BCUT2D eigenvalue weighted by Crippen LogP contribution is -2.38. The number of carbonyl (C=O) groups is 1. The highest BCUT2D eigenvalue weighted by atomic mass is 127. The van der Waals surface area contributed by atoms with Crippen molar-refractivity contribution in [1.82, 2.24) is 15.5 Å². The second-order valence-electron chi connectivity index (χ2n) is 4.81. The van der Waals surface area contributed by atoms with E-state index in [4.69, 9.17) is 4.74 Å². The van der Waals surface area contributed by atoms with Crippen molar-refractivity contribution in [1.29, 1.82) is 0 Å². The first-order valence-electron chi connectivity index (χ1n) is 6.97. The van der Waals surface area contributed by atoms with E-state index in [0.29, 0.717) is 6.54 Å². The van der Waals surface area contributed by atoms with Gasteiger partial charge in [0.15, 0.2) is 5.96 Å². The molecule has 1 aliphatic heterocycles. The van der Waals surface area contributed by atoms with Gasteiger partial charge in [-0.15, -0.1) is 24.0 Å². The van der Waals surface area contributed by atoms with E-state index in [1.165, 1.54) is 0 Å². The third-order valence-electron chi connectivity index (χ3n) is 2.97. The second kappa shape index (κ2) is 10.2. The normalized spacial score (nSPS) is 20.8. The lowest BCUT2D eigenvalue weighted by Gasteiger charge is -2.17. The van der Waals surface area contributed by atoms with Gasteiger partial charge in [-0.1, -0.05) is 0 Å². The molecule has 0 aromatic carbocycles. The quantitative estimate of drug-likeness (QED) is 0.409. The van der Waals surface area contributed by atoms with E-state index in [2.05, 4.69) is 15.6 Å². The summed E-state index contributed by atoms with van der Waals surface area (Å²) >= 11 is 0. The number of likely N-dealkylation sites (N-methyl/N-ethyl adjacent to an activating group) is 1. The molecule has 0 aliphatic carbocycles. The van der Waals surface area contributed by atoms with Crippen LogP contribution >= 0.6 is 24.0 Å². The largest absolute Gasteiger partial charge is 0.363 e. The van der Waals surface area contributed by atoms with E-state index in [0.717, 1.165) is 31.9 Å². The molecule has 0 radical (unpaired) electrons. The van der Waals surface area contributed by atoms with Gasteiger partial charge in [-0.2, -0.15) is 0 Å². The lowest BCUT2D eigenvalue weighted by atomic mass is 10.2. The molecule has 1 rings (SSSR count). The Balaban J connectivity index is 0.00000361. The molecule has 20 heavy (non-hydrogen) atoms. The third-order valence-corrected chi connectivity index (χ3v) is 2.97. The molecule has 1 heterocycles. The molecule has 1 aliphatic rings. The summed E-state index contributed by atoms with van der Waals surface area (Å²) in [6.45, 7) is 6.32. The minimum Gasteiger partial charge on any atom is -0.363 e. The van der Waals surface area contributed by atoms with E-state index in [1.54, 1.807) is 19.0 Å². The van der Waals surface area contributed by atoms with E-state index in [-0.39, 0.29) is 42.1 Å². The van der Waals surface area contributed by atoms with Crippen LogP contribution in [0.1, 0.15) is 26.7 Å². The average molecular weight is 398 g/mol. The Morgan fingerprint density at radius 3 is 2.35 bits per heavy atom. The van der Waals surface area contributed by atoms with Crippen LogP contribution < -0.4 is 10.6 Å². The first-order chi connectivity index (χ1) is 9.08. The summed E-state index contributed by atoms with van der Waals surface area (Å²) in [6.07, 6.45) is 1.42. The van der Waals surface area contributed by atoms with Gasteiger partial charge in [0.05, 0.1) is 12.6 Å². The van der Waals surface area contributed by atoms with Gasteiger partial charge in [0.25, 0.3) is 5.91 Å². The van der Waals surface area contributed by atoms with Crippen LogP contribution in [0.4, 0.5) is 0 Å². The number of carbonyl (C=O) groups excluding carboxylic acids is 1. The number of hydrogen-bond acceptors (Lipinski definition) is 3. The summed E-state index contributed by atoms with van der Waals surface area (Å²) in [5.74, 6) is 0.848. The van der Waals surface area contributed by atoms with Crippen LogP contribution in [0.15, 0.2) is 4.99 Å². The lowest BCUT2D eigenvalue weighted by molar-refractivity contribution is -0.140. The molecule has 1 fully saturated rings. The molecule has 118 valence electrons. The maximum absolute atomic E-state index is 11.8. The van der Waals surface area contributed by atoms with E-state index in [9.17, 15) is 4.79 Å². The average Bonchev–Trinajstić information content (AvgIpc) is 2.84. The Hall–Kier alpha value is -0.570. The zero-order chi connectivity index (χ0) is 14.3. The summed E-state index contributed by atoms with van der Waals surface area (Å²) in [7, 11) is 3.51. The fourth-order valence-corrected chi connectivity index (χ4v) is 2.01. The number of aliphatic imine (C=N–C) groups is 1. The van der Waals surface area contributed by atoms with Crippen LogP contribution in [0.3, 0.4) is 0 Å². The van der Waals surface area contributed by atoms with Gasteiger partial charge in [0.2, 0.25) is 0 Å². The van der Waals surface area contributed by atoms with Crippen molar-refractivity contribution in [3.63, 3.8) is 0 Å². The minimum absolute atomic E-state index is 0. The van der Waals surface area contributed by atoms with Crippen molar-refractivity contribution < 1.29 is 9.53 Å². The fourth-order valence-electron chi connectivity index (χ4n) is 2.01. The first-order valence-corrected chi connectivity index (χ1v) is 6.97. The maximum Gasteiger partial charge on any atom is 0.251 e. The number of guanidine groups is 1. The summed E-state index contributed by atoms with van der Waals surface area (Å²) in [5, 5.41) is 6.34. The molecule has 7 heteroatoms. The Morgan fingerprint density at radius 2 is 1.85 bits per heavy atom. The van der Waals surface area contributed by atoms with Gasteiger partial charge in [-0.05, 0) is 26.7 Å². The highest BCUT2D eigenvalue weighted by molar-refractivity contribution is 14.0. The number of ether oxygens (including phenoxy) is 1. The van der Waals surface area contributed by atoms with Gasteiger partial charge in [0.1, 0.15) is 6.10 Å². The Labute approximate surface area is 138 Å². The van der Waals surface area contributed by atoms with E-state index >= 15 is 0 Å². The van der Waals surface area contributed by atoms with Gasteiger partial charge < -0.3 is 20.3 Å². The van der Waals surface area contributed by atoms with Crippen LogP contribution in [0.5, 0.6) is 0 Å². The van der Waals surface area contributed by atoms with Crippen LogP contribution in [-0.2, 0) is 9.53 Å². The zero-order valence-electron chi connectivity index (χ0n) is 12.8. The molecule has 0 aromatic rings. The molecule has 0 bridgehead atoms. The molecular formula is C13H27IN4O2. The van der Waals surface area contributed by atoms with Crippen molar-refractivity contribution in [2.75, 3.05) is 33.7 Å². The molecule has 0 spiro atoms. The third kappa shape index (κ3) is 6.25. The fraction of sp³-hybridized carbons (Fsp3) is 0.846. The Kier molecular flexibility index (Phi) is 9.91. The smallest absolute Gasteiger partial charge is 0.251 e. The van der Waals surface area contributed by atoms with Crippen LogP contribution in [-0.4, -0.2) is 62.7 Å².